The second-order valence-electron chi connectivity index (χ2n) is 3.74. The quantitative estimate of drug-likeness (QED) is 0.537. The highest BCUT2D eigenvalue weighted by molar-refractivity contribution is 6.49. The summed E-state index contributed by atoms with van der Waals surface area (Å²) in [5.74, 6) is 0. The Bertz CT molecular complexity index is 670. The molecule has 0 amide bonds. The predicted octanol–water partition coefficient (Wildman–Crippen LogP) is 6.38. The first-order valence-electron chi connectivity index (χ1n) is 5.09. The van der Waals surface area contributed by atoms with Gasteiger partial charge in [-0.25, -0.2) is 0 Å². The number of nitrogens with zero attached hydrogens (tertiary/aromatic N) is 1. The van der Waals surface area contributed by atoms with E-state index in [9.17, 15) is 13.2 Å². The first-order valence-corrected chi connectivity index (χ1v) is 6.60. The fraction of sp³-hybridized carbons (Fsp3) is 0.0833. The average molecular weight is 361 g/mol. The topological polar surface area (TPSA) is 12.9 Å². The zero-order valence-corrected chi connectivity index (χ0v) is 12.4. The second kappa shape index (κ2) is 5.60. The molecular weight excluding hydrogens is 357 g/mol. The fourth-order valence-corrected chi connectivity index (χ4v) is 2.50. The predicted molar refractivity (Wildman–Crippen MR) is 74.7 cm³/mol. The minimum atomic E-state index is -4.59. The lowest BCUT2D eigenvalue weighted by molar-refractivity contribution is -0.137. The summed E-state index contributed by atoms with van der Waals surface area (Å²) in [6, 6.07) is 3.60. The highest BCUT2D eigenvalue weighted by Crippen LogP contribution is 2.43. The van der Waals surface area contributed by atoms with E-state index < -0.39 is 16.8 Å². The van der Waals surface area contributed by atoms with Crippen molar-refractivity contribution < 1.29 is 13.2 Å². The monoisotopic (exact) mass is 359 g/mol. The summed E-state index contributed by atoms with van der Waals surface area (Å²) in [6.45, 7) is 0. The van der Waals surface area contributed by atoms with E-state index in [1.165, 1.54) is 12.1 Å². The van der Waals surface area contributed by atoms with Gasteiger partial charge in [0.1, 0.15) is 0 Å². The van der Waals surface area contributed by atoms with E-state index in [4.69, 9.17) is 46.4 Å². The van der Waals surface area contributed by atoms with E-state index in [0.717, 1.165) is 12.3 Å². The van der Waals surface area contributed by atoms with Crippen molar-refractivity contribution in [1.82, 2.24) is 4.98 Å². The summed E-state index contributed by atoms with van der Waals surface area (Å²) >= 11 is 23.4. The maximum atomic E-state index is 12.8. The minimum absolute atomic E-state index is 0.00658. The summed E-state index contributed by atoms with van der Waals surface area (Å²) in [5.41, 5.74) is -0.923. The number of hydrogen-bond acceptors (Lipinski definition) is 1. The van der Waals surface area contributed by atoms with Crippen molar-refractivity contribution in [1.29, 1.82) is 0 Å². The molecule has 0 aliphatic carbocycles. The van der Waals surface area contributed by atoms with Crippen LogP contribution in [-0.2, 0) is 6.18 Å². The molecule has 1 aromatic carbocycles. The van der Waals surface area contributed by atoms with Crippen molar-refractivity contribution in [2.24, 2.45) is 0 Å². The molecule has 0 aliphatic heterocycles. The average Bonchev–Trinajstić information content (AvgIpc) is 2.36. The third kappa shape index (κ3) is 2.84. The molecule has 1 nitrogen and oxygen atoms in total. The molecule has 20 heavy (non-hydrogen) atoms. The van der Waals surface area contributed by atoms with Crippen LogP contribution in [-0.4, -0.2) is 4.98 Å². The zero-order chi connectivity index (χ0) is 15.1. The Morgan fingerprint density at radius 3 is 2.10 bits per heavy atom. The molecule has 0 N–H and O–H groups in total. The summed E-state index contributed by atoms with van der Waals surface area (Å²) in [6.07, 6.45) is -3.58. The highest BCUT2D eigenvalue weighted by atomic mass is 35.5. The van der Waals surface area contributed by atoms with Gasteiger partial charge in [-0.15, -0.1) is 0 Å². The van der Waals surface area contributed by atoms with Gasteiger partial charge >= 0.3 is 6.18 Å². The fourth-order valence-electron chi connectivity index (χ4n) is 1.56. The van der Waals surface area contributed by atoms with Gasteiger partial charge < -0.3 is 0 Å². The number of rotatable bonds is 1. The Morgan fingerprint density at radius 1 is 0.850 bits per heavy atom. The molecule has 0 radical (unpaired) electrons. The van der Waals surface area contributed by atoms with E-state index >= 15 is 0 Å². The van der Waals surface area contributed by atoms with Gasteiger partial charge in [-0.05, 0) is 18.2 Å². The van der Waals surface area contributed by atoms with Crippen LogP contribution in [0, 0.1) is 0 Å². The normalized spacial score (nSPS) is 11.8. The van der Waals surface area contributed by atoms with Crippen LogP contribution >= 0.6 is 46.4 Å². The first kappa shape index (κ1) is 15.7. The number of halogens is 7. The number of hydrogen-bond donors (Lipinski definition) is 0. The van der Waals surface area contributed by atoms with Crippen LogP contribution in [0.4, 0.5) is 13.2 Å². The van der Waals surface area contributed by atoms with Gasteiger partial charge in [0, 0.05) is 11.8 Å². The molecule has 0 fully saturated rings. The number of benzene rings is 1. The molecule has 2 rings (SSSR count). The van der Waals surface area contributed by atoms with Crippen LogP contribution in [0.2, 0.25) is 20.1 Å². The maximum absolute atomic E-state index is 12.8. The summed E-state index contributed by atoms with van der Waals surface area (Å²) in [4.78, 5) is 3.84. The van der Waals surface area contributed by atoms with E-state index in [-0.39, 0.29) is 26.3 Å². The zero-order valence-electron chi connectivity index (χ0n) is 9.40. The van der Waals surface area contributed by atoms with Crippen LogP contribution in [0.25, 0.3) is 11.3 Å². The van der Waals surface area contributed by atoms with Crippen molar-refractivity contribution >= 4 is 46.4 Å². The third-order valence-electron chi connectivity index (χ3n) is 2.48. The van der Waals surface area contributed by atoms with Crippen LogP contribution in [0.15, 0.2) is 24.4 Å². The van der Waals surface area contributed by atoms with Gasteiger partial charge in [0.05, 0.1) is 31.3 Å². The molecule has 1 aromatic heterocycles. The lowest BCUT2D eigenvalue weighted by atomic mass is 10.1. The van der Waals surface area contributed by atoms with E-state index in [2.05, 4.69) is 4.98 Å². The van der Waals surface area contributed by atoms with E-state index in [1.807, 2.05) is 0 Å². The van der Waals surface area contributed by atoms with Crippen LogP contribution in [0.3, 0.4) is 0 Å². The summed E-state index contributed by atoms with van der Waals surface area (Å²) < 4.78 is 38.4. The Hall–Kier alpha value is -0.680. The Kier molecular flexibility index (Phi) is 4.40. The molecule has 0 spiro atoms. The highest BCUT2D eigenvalue weighted by Gasteiger charge is 2.34. The third-order valence-corrected chi connectivity index (χ3v) is 4.16. The van der Waals surface area contributed by atoms with Crippen LogP contribution in [0.5, 0.6) is 0 Å². The van der Waals surface area contributed by atoms with Gasteiger partial charge in [-0.2, -0.15) is 13.2 Å². The van der Waals surface area contributed by atoms with Gasteiger partial charge in [0.25, 0.3) is 0 Å². The van der Waals surface area contributed by atoms with E-state index in [1.54, 1.807) is 0 Å². The van der Waals surface area contributed by atoms with Crippen molar-refractivity contribution in [2.75, 3.05) is 0 Å². The number of aromatic nitrogens is 1. The molecule has 106 valence electrons. The number of pyridine rings is 1. The SMILES string of the molecule is FC(F)(F)c1ccnc(-c2ccc(Cl)c(Cl)c2Cl)c1Cl. The van der Waals surface area contributed by atoms with Crippen molar-refractivity contribution in [2.45, 2.75) is 6.18 Å². The maximum Gasteiger partial charge on any atom is 0.417 e. The molecule has 1 heterocycles. The van der Waals surface area contributed by atoms with Crippen molar-refractivity contribution in [3.05, 3.63) is 50.0 Å². The Balaban J connectivity index is 2.69. The minimum Gasteiger partial charge on any atom is -0.255 e. The molecule has 0 bridgehead atoms. The summed E-state index contributed by atoms with van der Waals surface area (Å²) in [7, 11) is 0. The molecule has 0 unspecified atom stereocenters. The second-order valence-corrected chi connectivity index (χ2v) is 5.28. The first-order chi connectivity index (χ1) is 9.23. The van der Waals surface area contributed by atoms with Crippen molar-refractivity contribution in [3.8, 4) is 11.3 Å². The van der Waals surface area contributed by atoms with Crippen LogP contribution in [0.1, 0.15) is 5.56 Å². The largest absolute Gasteiger partial charge is 0.417 e. The smallest absolute Gasteiger partial charge is 0.255 e. The molecule has 0 aliphatic rings. The summed E-state index contributed by atoms with van der Waals surface area (Å²) in [5, 5.41) is -0.335. The van der Waals surface area contributed by atoms with Gasteiger partial charge in [0.2, 0.25) is 0 Å². The lowest BCUT2D eigenvalue weighted by Gasteiger charge is -2.13. The van der Waals surface area contributed by atoms with Crippen LogP contribution < -0.4 is 0 Å². The van der Waals surface area contributed by atoms with Gasteiger partial charge in [0.15, 0.2) is 0 Å². The molecule has 8 heteroatoms. The molecule has 0 atom stereocenters. The standard InChI is InChI=1S/C12H4Cl4F3N/c13-7-2-1-5(8(14)10(7)16)11-9(15)6(3-4-20-11)12(17,18)19/h1-4H. The van der Waals surface area contributed by atoms with Gasteiger partial charge in [-0.1, -0.05) is 46.4 Å². The Morgan fingerprint density at radius 2 is 1.50 bits per heavy atom. The number of alkyl halides is 3. The van der Waals surface area contributed by atoms with Crippen molar-refractivity contribution in [3.63, 3.8) is 0 Å². The lowest BCUT2D eigenvalue weighted by Crippen LogP contribution is -2.07. The van der Waals surface area contributed by atoms with Gasteiger partial charge in [-0.3, -0.25) is 4.98 Å². The molecule has 0 saturated carbocycles. The Labute approximate surface area is 132 Å². The van der Waals surface area contributed by atoms with E-state index in [0.29, 0.717) is 0 Å². The molecule has 2 aromatic rings. The molecular formula is C12H4Cl4F3N. The molecule has 0 saturated heterocycles.